The van der Waals surface area contributed by atoms with Crippen LogP contribution in [0.1, 0.15) is 36.1 Å². The van der Waals surface area contributed by atoms with E-state index < -0.39 is 0 Å². The van der Waals surface area contributed by atoms with E-state index in [0.29, 0.717) is 0 Å². The highest BCUT2D eigenvalue weighted by Gasteiger charge is 2.03. The van der Waals surface area contributed by atoms with Crippen molar-refractivity contribution in [1.82, 2.24) is 0 Å². The second-order valence-corrected chi connectivity index (χ2v) is 3.50. The summed E-state index contributed by atoms with van der Waals surface area (Å²) < 4.78 is 0. The molecule has 0 spiro atoms. The molecule has 0 amide bonds. The van der Waals surface area contributed by atoms with Crippen LogP contribution >= 0.6 is 0 Å². The minimum atomic E-state index is 1.21. The van der Waals surface area contributed by atoms with Gasteiger partial charge in [-0.05, 0) is 43.0 Å². The molecule has 15 heavy (non-hydrogen) atoms. The largest absolute Gasteiger partial charge is 0.0984 e. The minimum Gasteiger partial charge on any atom is -0.0984 e. The molecule has 0 aliphatic heterocycles. The van der Waals surface area contributed by atoms with Crippen LogP contribution in [-0.4, -0.2) is 0 Å². The number of benzene rings is 1. The zero-order chi connectivity index (χ0) is 11.3. The predicted octanol–water partition coefficient (Wildman–Crippen LogP) is 4.70. The lowest BCUT2D eigenvalue weighted by Gasteiger charge is -2.09. The molecular formula is C15H18. The summed E-state index contributed by atoms with van der Waals surface area (Å²) >= 11 is 0. The van der Waals surface area contributed by atoms with E-state index in [0.717, 1.165) is 0 Å². The summed E-state index contributed by atoms with van der Waals surface area (Å²) in [5.41, 5.74) is 5.00. The van der Waals surface area contributed by atoms with Gasteiger partial charge in [-0.1, -0.05) is 49.1 Å². The van der Waals surface area contributed by atoms with Crippen LogP contribution in [0.4, 0.5) is 0 Å². The molecule has 0 bridgehead atoms. The molecular weight excluding hydrogens is 180 g/mol. The van der Waals surface area contributed by atoms with Crippen molar-refractivity contribution in [3.63, 3.8) is 0 Å². The first-order chi connectivity index (χ1) is 7.24. The Kier molecular flexibility index (Phi) is 4.11. The van der Waals surface area contributed by atoms with Gasteiger partial charge < -0.3 is 0 Å². The molecule has 1 aromatic rings. The van der Waals surface area contributed by atoms with Crippen LogP contribution in [0.5, 0.6) is 0 Å². The molecule has 1 aromatic carbocycles. The van der Waals surface area contributed by atoms with Crippen LogP contribution < -0.4 is 0 Å². The zero-order valence-electron chi connectivity index (χ0n) is 9.75. The Morgan fingerprint density at radius 2 is 1.67 bits per heavy atom. The lowest BCUT2D eigenvalue weighted by atomic mass is 9.96. The van der Waals surface area contributed by atoms with E-state index in [9.17, 15) is 0 Å². The maximum atomic E-state index is 3.89. The normalized spacial score (nSPS) is 11.4. The molecule has 0 aromatic heterocycles. The fourth-order valence-corrected chi connectivity index (χ4v) is 1.70. The molecule has 1 rings (SSSR count). The van der Waals surface area contributed by atoms with Crippen LogP contribution in [0.25, 0.3) is 18.2 Å². The monoisotopic (exact) mass is 198 g/mol. The van der Waals surface area contributed by atoms with Gasteiger partial charge in [0.25, 0.3) is 0 Å². The second-order valence-electron chi connectivity index (χ2n) is 3.50. The summed E-state index contributed by atoms with van der Waals surface area (Å²) in [6.45, 7) is 10.1. The quantitative estimate of drug-likeness (QED) is 0.660. The van der Waals surface area contributed by atoms with E-state index in [4.69, 9.17) is 0 Å². The fourth-order valence-electron chi connectivity index (χ4n) is 1.70. The van der Waals surface area contributed by atoms with Crippen LogP contribution in [-0.2, 0) is 0 Å². The second kappa shape index (κ2) is 5.35. The van der Waals surface area contributed by atoms with Gasteiger partial charge in [-0.25, -0.2) is 0 Å². The Labute approximate surface area is 92.6 Å². The maximum absolute atomic E-state index is 3.89. The topological polar surface area (TPSA) is 0 Å². The van der Waals surface area contributed by atoms with E-state index in [1.807, 2.05) is 19.9 Å². The Morgan fingerprint density at radius 1 is 1.00 bits per heavy atom. The summed E-state index contributed by atoms with van der Waals surface area (Å²) in [5.74, 6) is 0. The van der Waals surface area contributed by atoms with Gasteiger partial charge in [-0.2, -0.15) is 0 Å². The molecule has 0 nitrogen and oxygen atoms in total. The van der Waals surface area contributed by atoms with Gasteiger partial charge in [0.15, 0.2) is 0 Å². The SMILES string of the molecule is C=Cc1c(/C=C\C)ccc(C)c1/C=C\C. The lowest BCUT2D eigenvalue weighted by molar-refractivity contribution is 1.41. The van der Waals surface area contributed by atoms with Crippen LogP contribution in [0.3, 0.4) is 0 Å². The molecule has 0 radical (unpaired) electrons. The van der Waals surface area contributed by atoms with E-state index in [2.05, 4.69) is 49.9 Å². The van der Waals surface area contributed by atoms with Crippen molar-refractivity contribution in [3.8, 4) is 0 Å². The number of allylic oxidation sites excluding steroid dienone is 2. The van der Waals surface area contributed by atoms with Crippen molar-refractivity contribution in [2.75, 3.05) is 0 Å². The summed E-state index contributed by atoms with van der Waals surface area (Å²) in [6.07, 6.45) is 10.3. The number of hydrogen-bond donors (Lipinski definition) is 0. The third-order valence-corrected chi connectivity index (χ3v) is 2.42. The molecule has 0 aliphatic carbocycles. The van der Waals surface area contributed by atoms with E-state index >= 15 is 0 Å². The molecule has 0 saturated heterocycles. The predicted molar refractivity (Wildman–Crippen MR) is 70.7 cm³/mol. The zero-order valence-corrected chi connectivity index (χ0v) is 9.75. The van der Waals surface area contributed by atoms with Gasteiger partial charge in [-0.15, -0.1) is 0 Å². The summed E-state index contributed by atoms with van der Waals surface area (Å²) in [4.78, 5) is 0. The first-order valence-corrected chi connectivity index (χ1v) is 5.26. The van der Waals surface area contributed by atoms with Crippen molar-refractivity contribution in [3.05, 3.63) is 53.1 Å². The van der Waals surface area contributed by atoms with Crippen molar-refractivity contribution >= 4 is 18.2 Å². The molecule has 0 heteroatoms. The average Bonchev–Trinajstić information content (AvgIpc) is 2.24. The third-order valence-electron chi connectivity index (χ3n) is 2.42. The Morgan fingerprint density at radius 3 is 2.20 bits per heavy atom. The molecule has 0 aliphatic rings. The average molecular weight is 198 g/mol. The molecule has 0 heterocycles. The third kappa shape index (κ3) is 2.47. The smallest absolute Gasteiger partial charge is 0.0115 e. The summed E-state index contributed by atoms with van der Waals surface area (Å²) in [7, 11) is 0. The van der Waals surface area contributed by atoms with Crippen LogP contribution in [0, 0.1) is 6.92 Å². The molecule has 0 fully saturated rings. The summed E-state index contributed by atoms with van der Waals surface area (Å²) in [6, 6.07) is 4.29. The standard InChI is InChI=1S/C15H18/c1-5-8-13-11-10-12(4)15(9-6-2)14(13)7-3/h5-11H,3H2,1-2,4H3/b8-5-,9-6-. The van der Waals surface area contributed by atoms with Crippen LogP contribution in [0.2, 0.25) is 0 Å². The van der Waals surface area contributed by atoms with Gasteiger partial charge in [0.1, 0.15) is 0 Å². The van der Waals surface area contributed by atoms with Gasteiger partial charge in [0.2, 0.25) is 0 Å². The Bertz CT molecular complexity index is 406. The van der Waals surface area contributed by atoms with Crippen molar-refractivity contribution in [2.24, 2.45) is 0 Å². The van der Waals surface area contributed by atoms with Crippen molar-refractivity contribution in [1.29, 1.82) is 0 Å². The molecule has 0 atom stereocenters. The van der Waals surface area contributed by atoms with Crippen molar-refractivity contribution < 1.29 is 0 Å². The Balaban J connectivity index is 3.46. The highest BCUT2D eigenvalue weighted by molar-refractivity contribution is 5.75. The van der Waals surface area contributed by atoms with E-state index in [1.54, 1.807) is 0 Å². The lowest BCUT2D eigenvalue weighted by Crippen LogP contribution is -1.90. The van der Waals surface area contributed by atoms with E-state index in [-0.39, 0.29) is 0 Å². The molecule has 78 valence electrons. The first kappa shape index (κ1) is 11.5. The molecule has 0 unspecified atom stereocenters. The fraction of sp³-hybridized carbons (Fsp3) is 0.200. The van der Waals surface area contributed by atoms with Crippen LogP contribution in [0.15, 0.2) is 30.9 Å². The number of aryl methyl sites for hydroxylation is 1. The van der Waals surface area contributed by atoms with E-state index in [1.165, 1.54) is 22.3 Å². The molecule has 0 N–H and O–H groups in total. The maximum Gasteiger partial charge on any atom is -0.0115 e. The Hall–Kier alpha value is -1.56. The number of hydrogen-bond acceptors (Lipinski definition) is 0. The summed E-state index contributed by atoms with van der Waals surface area (Å²) in [5, 5.41) is 0. The first-order valence-electron chi connectivity index (χ1n) is 5.26. The van der Waals surface area contributed by atoms with Gasteiger partial charge >= 0.3 is 0 Å². The number of rotatable bonds is 3. The van der Waals surface area contributed by atoms with Gasteiger partial charge in [-0.3, -0.25) is 0 Å². The molecule has 0 saturated carbocycles. The highest BCUT2D eigenvalue weighted by atomic mass is 14.1. The highest BCUT2D eigenvalue weighted by Crippen LogP contribution is 2.23. The van der Waals surface area contributed by atoms with Crippen molar-refractivity contribution in [2.45, 2.75) is 20.8 Å². The minimum absolute atomic E-state index is 1.21. The van der Waals surface area contributed by atoms with Gasteiger partial charge in [0.05, 0.1) is 0 Å². The van der Waals surface area contributed by atoms with Gasteiger partial charge in [0, 0.05) is 0 Å².